The first-order chi connectivity index (χ1) is 19.4. The van der Waals surface area contributed by atoms with Crippen LogP contribution in [0.2, 0.25) is 0 Å². The van der Waals surface area contributed by atoms with Gasteiger partial charge < -0.3 is 19.5 Å². The molecule has 1 N–H and O–H groups in total. The number of hydrogen-bond acceptors (Lipinski definition) is 5. The number of carboxylic acids is 1. The predicted molar refractivity (Wildman–Crippen MR) is 157 cm³/mol. The van der Waals surface area contributed by atoms with Crippen molar-refractivity contribution in [3.63, 3.8) is 0 Å². The minimum Gasteiger partial charge on any atom is -0.493 e. The number of ether oxygens (including phenoxy) is 2. The summed E-state index contributed by atoms with van der Waals surface area (Å²) < 4.78 is 39.5. The molecule has 0 radical (unpaired) electrons. The van der Waals surface area contributed by atoms with Gasteiger partial charge in [0.15, 0.2) is 6.10 Å². The Labute approximate surface area is 241 Å². The summed E-state index contributed by atoms with van der Waals surface area (Å²) in [6.07, 6.45) is 2.72. The van der Waals surface area contributed by atoms with Crippen LogP contribution in [0.3, 0.4) is 0 Å². The average Bonchev–Trinajstić information content (AvgIpc) is 2.92. The highest BCUT2D eigenvalue weighted by Crippen LogP contribution is 2.44. The first-order valence-corrected chi connectivity index (χ1v) is 14.1. The maximum atomic E-state index is 14.4. The summed E-state index contributed by atoms with van der Waals surface area (Å²) in [5.74, 6) is -0.781. The van der Waals surface area contributed by atoms with E-state index in [1.165, 1.54) is 12.1 Å². The number of aromatic nitrogens is 1. The minimum atomic E-state index is -1.38. The van der Waals surface area contributed by atoms with Crippen LogP contribution in [0.4, 0.5) is 14.5 Å². The lowest BCUT2D eigenvalue weighted by Crippen LogP contribution is -2.39. The van der Waals surface area contributed by atoms with Crippen molar-refractivity contribution >= 4 is 11.7 Å². The third kappa shape index (κ3) is 7.82. The Hall–Kier alpha value is -3.52. The van der Waals surface area contributed by atoms with Crippen molar-refractivity contribution in [3.8, 4) is 16.9 Å². The van der Waals surface area contributed by atoms with Crippen LogP contribution < -0.4 is 9.64 Å². The number of anilines is 1. The monoisotopic (exact) mass is 566 g/mol. The largest absolute Gasteiger partial charge is 0.493 e. The fraction of sp³-hybridized carbons (Fsp3) is 0.455. The van der Waals surface area contributed by atoms with Crippen LogP contribution in [0.1, 0.15) is 70.4 Å². The quantitative estimate of drug-likeness (QED) is 0.273. The Kier molecular flexibility index (Phi) is 9.32. The first kappa shape index (κ1) is 30.4. The number of pyridine rings is 1. The lowest BCUT2D eigenvalue weighted by Gasteiger charge is -2.41. The van der Waals surface area contributed by atoms with E-state index in [-0.39, 0.29) is 22.5 Å². The van der Waals surface area contributed by atoms with Crippen molar-refractivity contribution in [2.45, 2.75) is 72.3 Å². The first-order valence-electron chi connectivity index (χ1n) is 14.1. The highest BCUT2D eigenvalue weighted by molar-refractivity contribution is 5.86. The smallest absolute Gasteiger partial charge is 0.337 e. The van der Waals surface area contributed by atoms with E-state index < -0.39 is 24.3 Å². The van der Waals surface area contributed by atoms with Crippen LogP contribution in [0, 0.1) is 11.2 Å². The molecule has 0 amide bonds. The van der Waals surface area contributed by atoms with Gasteiger partial charge in [0.1, 0.15) is 18.2 Å². The molecule has 0 bridgehead atoms. The van der Waals surface area contributed by atoms with Crippen LogP contribution >= 0.6 is 0 Å². The van der Waals surface area contributed by atoms with Gasteiger partial charge in [0.2, 0.25) is 0 Å². The standard InChI is InChI=1S/C33H40F2N2O4/c1-32(2,3)41-30(31(38)39)28-27(20-34)36-21-26(29(28)37-17-15-33(4,5)16-18-37)23-8-12-25(13-9-23)40-19-14-22-6-10-24(35)11-7-22/h6-13,21,30H,14-20H2,1-5H3,(H,38,39)/t30-/m0/s1. The number of hydrogen-bond donors (Lipinski definition) is 1. The average molecular weight is 567 g/mol. The molecule has 0 saturated carbocycles. The van der Waals surface area contributed by atoms with Gasteiger partial charge in [-0.2, -0.15) is 0 Å². The molecule has 8 heteroatoms. The van der Waals surface area contributed by atoms with E-state index in [0.717, 1.165) is 29.5 Å². The molecule has 1 atom stereocenters. The maximum absolute atomic E-state index is 14.4. The zero-order valence-electron chi connectivity index (χ0n) is 24.5. The molecular formula is C33H40F2N2O4. The SMILES string of the molecule is CC1(C)CCN(c2c(-c3ccc(OCCc4ccc(F)cc4)cc3)cnc(CF)c2[C@H](OC(C)(C)C)C(=O)O)CC1. The fourth-order valence-corrected chi connectivity index (χ4v) is 5.08. The predicted octanol–water partition coefficient (Wildman–Crippen LogP) is 7.55. The molecule has 4 rings (SSSR count). The Morgan fingerprint density at radius 1 is 1.07 bits per heavy atom. The number of benzene rings is 2. The van der Waals surface area contributed by atoms with Crippen molar-refractivity contribution in [1.29, 1.82) is 0 Å². The summed E-state index contributed by atoms with van der Waals surface area (Å²) in [6, 6.07) is 13.9. The summed E-state index contributed by atoms with van der Waals surface area (Å²) in [6.45, 7) is 10.7. The zero-order chi connectivity index (χ0) is 29.8. The summed E-state index contributed by atoms with van der Waals surface area (Å²) in [4.78, 5) is 19.1. The number of carbonyl (C=O) groups is 1. The number of halogens is 2. The second-order valence-corrected chi connectivity index (χ2v) is 12.4. The summed E-state index contributed by atoms with van der Waals surface area (Å²) in [7, 11) is 0. The molecule has 2 heterocycles. The van der Waals surface area contributed by atoms with Crippen LogP contribution in [0.5, 0.6) is 5.75 Å². The molecule has 41 heavy (non-hydrogen) atoms. The molecule has 6 nitrogen and oxygen atoms in total. The maximum Gasteiger partial charge on any atom is 0.337 e. The van der Waals surface area contributed by atoms with E-state index >= 15 is 0 Å². The molecule has 0 spiro atoms. The number of rotatable bonds is 10. The Bertz CT molecular complexity index is 1330. The second kappa shape index (κ2) is 12.6. The van der Waals surface area contributed by atoms with Crippen molar-refractivity contribution in [2.24, 2.45) is 5.41 Å². The summed E-state index contributed by atoms with van der Waals surface area (Å²) in [5.41, 5.74) is 2.90. The van der Waals surface area contributed by atoms with Crippen molar-refractivity contribution in [1.82, 2.24) is 4.98 Å². The molecule has 1 aromatic heterocycles. The van der Waals surface area contributed by atoms with Crippen LogP contribution in [0.25, 0.3) is 11.1 Å². The number of nitrogens with zero attached hydrogens (tertiary/aromatic N) is 2. The van der Waals surface area contributed by atoms with E-state index in [4.69, 9.17) is 9.47 Å². The molecule has 220 valence electrons. The zero-order valence-corrected chi connectivity index (χ0v) is 24.5. The summed E-state index contributed by atoms with van der Waals surface area (Å²) >= 11 is 0. The molecule has 0 aliphatic carbocycles. The van der Waals surface area contributed by atoms with E-state index in [2.05, 4.69) is 23.7 Å². The highest BCUT2D eigenvalue weighted by atomic mass is 19.1. The van der Waals surface area contributed by atoms with E-state index in [9.17, 15) is 18.7 Å². The molecule has 0 unspecified atom stereocenters. The topological polar surface area (TPSA) is 71.9 Å². The molecule has 1 saturated heterocycles. The van der Waals surface area contributed by atoms with Gasteiger partial charge in [-0.3, -0.25) is 4.98 Å². The Morgan fingerprint density at radius 2 is 1.71 bits per heavy atom. The third-order valence-electron chi connectivity index (χ3n) is 7.43. The fourth-order valence-electron chi connectivity index (χ4n) is 5.08. The van der Waals surface area contributed by atoms with Crippen molar-refractivity contribution in [2.75, 3.05) is 24.6 Å². The molecular weight excluding hydrogens is 526 g/mol. The lowest BCUT2D eigenvalue weighted by molar-refractivity contribution is -0.160. The van der Waals surface area contributed by atoms with E-state index in [1.807, 2.05) is 24.3 Å². The third-order valence-corrected chi connectivity index (χ3v) is 7.43. The van der Waals surface area contributed by atoms with Gasteiger partial charge >= 0.3 is 5.97 Å². The van der Waals surface area contributed by atoms with Crippen LogP contribution in [-0.4, -0.2) is 41.4 Å². The van der Waals surface area contributed by atoms with Crippen LogP contribution in [-0.2, 0) is 22.6 Å². The van der Waals surface area contributed by atoms with Crippen molar-refractivity contribution in [3.05, 3.63) is 77.4 Å². The van der Waals surface area contributed by atoms with Crippen molar-refractivity contribution < 1.29 is 28.2 Å². The molecule has 3 aromatic rings. The Morgan fingerprint density at radius 3 is 2.27 bits per heavy atom. The normalized spacial score (nSPS) is 15.9. The second-order valence-electron chi connectivity index (χ2n) is 12.4. The number of aliphatic carboxylic acids is 1. The lowest BCUT2D eigenvalue weighted by atomic mass is 9.82. The number of carboxylic acid groups (broad SMARTS) is 1. The number of alkyl halides is 1. The Balaban J connectivity index is 1.70. The van der Waals surface area contributed by atoms with Gasteiger partial charge in [-0.1, -0.05) is 38.1 Å². The molecule has 1 aliphatic rings. The van der Waals surface area contributed by atoms with Gasteiger partial charge in [0, 0.05) is 36.8 Å². The van der Waals surface area contributed by atoms with Crippen LogP contribution in [0.15, 0.2) is 54.7 Å². The van der Waals surface area contributed by atoms with Gasteiger partial charge in [-0.15, -0.1) is 0 Å². The molecule has 1 aliphatic heterocycles. The highest BCUT2D eigenvalue weighted by Gasteiger charge is 2.36. The van der Waals surface area contributed by atoms with Gasteiger partial charge in [-0.25, -0.2) is 13.6 Å². The van der Waals surface area contributed by atoms with Gasteiger partial charge in [0.05, 0.1) is 23.6 Å². The van der Waals surface area contributed by atoms with Gasteiger partial charge in [-0.05, 0) is 74.4 Å². The molecule has 2 aromatic carbocycles. The number of piperidine rings is 1. The summed E-state index contributed by atoms with van der Waals surface area (Å²) in [5, 5.41) is 10.3. The van der Waals surface area contributed by atoms with E-state index in [1.54, 1.807) is 39.1 Å². The molecule has 1 fully saturated rings. The van der Waals surface area contributed by atoms with Gasteiger partial charge in [0.25, 0.3) is 0 Å². The van der Waals surface area contributed by atoms with E-state index in [0.29, 0.717) is 37.6 Å². The minimum absolute atomic E-state index is 0.0750.